The first-order valence-corrected chi connectivity index (χ1v) is 4.19. The van der Waals surface area contributed by atoms with Crippen LogP contribution in [0.4, 0.5) is 0 Å². The Morgan fingerprint density at radius 3 is 2.62 bits per heavy atom. The molecule has 0 amide bonds. The van der Waals surface area contributed by atoms with Crippen LogP contribution in [-0.4, -0.2) is 6.29 Å². The minimum Gasteiger partial charge on any atom is -0.285 e. The summed E-state index contributed by atoms with van der Waals surface area (Å²) in [6.45, 7) is 1.95. The Bertz CT molecular complexity index is 458. The first-order chi connectivity index (χ1) is 6.33. The van der Waals surface area contributed by atoms with Gasteiger partial charge in [-0.1, -0.05) is 36.4 Å². The fourth-order valence-corrected chi connectivity index (χ4v) is 1.54. The Labute approximate surface area is 77.0 Å². The van der Waals surface area contributed by atoms with Gasteiger partial charge >= 0.3 is 0 Å². The maximum Gasteiger partial charge on any atom is 0.233 e. The average molecular weight is 169 g/mol. The van der Waals surface area contributed by atoms with Gasteiger partial charge in [-0.25, -0.2) is 0 Å². The van der Waals surface area contributed by atoms with Gasteiger partial charge in [0.15, 0.2) is 0 Å². The number of fused-ring (bicyclic) bond motifs is 1. The summed E-state index contributed by atoms with van der Waals surface area (Å²) in [6, 6.07) is 11.8. The van der Waals surface area contributed by atoms with Crippen LogP contribution in [0.25, 0.3) is 10.8 Å². The minimum absolute atomic E-state index is 0.652. The van der Waals surface area contributed by atoms with Crippen molar-refractivity contribution in [3.8, 4) is 0 Å². The van der Waals surface area contributed by atoms with Crippen LogP contribution in [-0.2, 0) is 4.79 Å². The topological polar surface area (TPSA) is 17.1 Å². The lowest BCUT2D eigenvalue weighted by Crippen LogP contribution is -1.87. The van der Waals surface area contributed by atoms with E-state index in [1.54, 1.807) is 0 Å². The van der Waals surface area contributed by atoms with E-state index in [9.17, 15) is 4.79 Å². The monoisotopic (exact) mass is 169 g/mol. The molecule has 0 unspecified atom stereocenters. The average Bonchev–Trinajstić information content (AvgIpc) is 2.19. The van der Waals surface area contributed by atoms with Gasteiger partial charge in [0.25, 0.3) is 0 Å². The van der Waals surface area contributed by atoms with Crippen molar-refractivity contribution in [2.75, 3.05) is 0 Å². The van der Waals surface area contributed by atoms with E-state index in [1.165, 1.54) is 5.39 Å². The largest absolute Gasteiger partial charge is 0.285 e. The summed E-state index contributed by atoms with van der Waals surface area (Å²) in [5.74, 6) is 0. The Morgan fingerprint density at radius 1 is 1.08 bits per heavy atom. The molecular formula is C12H9O. The van der Waals surface area contributed by atoms with Gasteiger partial charge in [0.2, 0.25) is 6.29 Å². The lowest BCUT2D eigenvalue weighted by atomic mass is 10.0. The normalized spacial score (nSPS) is 10.2. The van der Waals surface area contributed by atoms with Gasteiger partial charge in [0.05, 0.1) is 0 Å². The zero-order valence-corrected chi connectivity index (χ0v) is 7.37. The Kier molecular flexibility index (Phi) is 1.85. The summed E-state index contributed by atoms with van der Waals surface area (Å²) >= 11 is 0. The Balaban J connectivity index is 2.86. The highest BCUT2D eigenvalue weighted by Crippen LogP contribution is 2.20. The smallest absolute Gasteiger partial charge is 0.233 e. The van der Waals surface area contributed by atoms with E-state index in [0.717, 1.165) is 10.9 Å². The molecule has 2 aromatic carbocycles. The molecule has 1 radical (unpaired) electrons. The first-order valence-electron chi connectivity index (χ1n) is 4.19. The van der Waals surface area contributed by atoms with Crippen molar-refractivity contribution in [2.24, 2.45) is 0 Å². The third kappa shape index (κ3) is 1.22. The van der Waals surface area contributed by atoms with Gasteiger partial charge in [-0.2, -0.15) is 0 Å². The van der Waals surface area contributed by atoms with Gasteiger partial charge in [-0.15, -0.1) is 0 Å². The molecule has 0 aromatic heterocycles. The van der Waals surface area contributed by atoms with E-state index in [2.05, 4.69) is 0 Å². The SMILES string of the molecule is Cc1c([C]=O)ccc2ccccc12. The van der Waals surface area contributed by atoms with Crippen LogP contribution in [0, 0.1) is 6.92 Å². The summed E-state index contributed by atoms with van der Waals surface area (Å²) in [7, 11) is 0. The minimum atomic E-state index is 0.652. The molecule has 0 aliphatic carbocycles. The second kappa shape index (κ2) is 3.02. The highest BCUT2D eigenvalue weighted by Gasteiger charge is 2.01. The molecule has 0 saturated heterocycles. The molecule has 13 heavy (non-hydrogen) atoms. The zero-order valence-electron chi connectivity index (χ0n) is 7.37. The van der Waals surface area contributed by atoms with E-state index < -0.39 is 0 Å². The first kappa shape index (κ1) is 7.99. The maximum absolute atomic E-state index is 10.5. The van der Waals surface area contributed by atoms with Gasteiger partial charge in [0, 0.05) is 5.56 Å². The molecule has 2 aromatic rings. The van der Waals surface area contributed by atoms with Crippen molar-refractivity contribution in [1.29, 1.82) is 0 Å². The zero-order chi connectivity index (χ0) is 9.26. The Hall–Kier alpha value is -1.63. The summed E-state index contributed by atoms with van der Waals surface area (Å²) in [5, 5.41) is 2.29. The Morgan fingerprint density at radius 2 is 1.85 bits per heavy atom. The summed E-state index contributed by atoms with van der Waals surface area (Å²) in [5.41, 5.74) is 1.66. The van der Waals surface area contributed by atoms with Crippen LogP contribution in [0.3, 0.4) is 0 Å². The number of carbonyl (C=O) groups excluding carboxylic acids is 1. The van der Waals surface area contributed by atoms with Crippen molar-refractivity contribution in [2.45, 2.75) is 6.92 Å². The molecule has 0 heterocycles. The van der Waals surface area contributed by atoms with Gasteiger partial charge in [-0.3, -0.25) is 4.79 Å². The van der Waals surface area contributed by atoms with Crippen LogP contribution in [0.15, 0.2) is 36.4 Å². The fraction of sp³-hybridized carbons (Fsp3) is 0.0833. The van der Waals surface area contributed by atoms with Crippen LogP contribution in [0.5, 0.6) is 0 Å². The van der Waals surface area contributed by atoms with Crippen molar-refractivity contribution in [3.05, 3.63) is 47.5 Å². The third-order valence-corrected chi connectivity index (χ3v) is 2.31. The second-order valence-corrected chi connectivity index (χ2v) is 3.06. The van der Waals surface area contributed by atoms with E-state index >= 15 is 0 Å². The second-order valence-electron chi connectivity index (χ2n) is 3.06. The highest BCUT2D eigenvalue weighted by molar-refractivity contribution is 5.92. The van der Waals surface area contributed by atoms with Crippen molar-refractivity contribution in [1.82, 2.24) is 0 Å². The summed E-state index contributed by atoms with van der Waals surface area (Å²) in [4.78, 5) is 10.5. The highest BCUT2D eigenvalue weighted by atomic mass is 16.1. The van der Waals surface area contributed by atoms with Crippen molar-refractivity contribution in [3.63, 3.8) is 0 Å². The summed E-state index contributed by atoms with van der Waals surface area (Å²) < 4.78 is 0. The number of hydrogen-bond donors (Lipinski definition) is 0. The molecule has 0 bridgehead atoms. The summed E-state index contributed by atoms with van der Waals surface area (Å²) in [6.07, 6.45) is 1.94. The van der Waals surface area contributed by atoms with Gasteiger partial charge in [0.1, 0.15) is 0 Å². The van der Waals surface area contributed by atoms with Crippen molar-refractivity contribution < 1.29 is 4.79 Å². The number of aryl methyl sites for hydroxylation is 1. The van der Waals surface area contributed by atoms with E-state index in [1.807, 2.05) is 49.6 Å². The molecule has 0 saturated carbocycles. The molecule has 0 fully saturated rings. The molecule has 0 spiro atoms. The molecule has 0 aliphatic heterocycles. The molecule has 0 N–H and O–H groups in total. The molecule has 0 atom stereocenters. The van der Waals surface area contributed by atoms with Crippen LogP contribution < -0.4 is 0 Å². The van der Waals surface area contributed by atoms with Gasteiger partial charge in [-0.05, 0) is 23.3 Å². The lowest BCUT2D eigenvalue weighted by Gasteiger charge is -2.02. The third-order valence-electron chi connectivity index (χ3n) is 2.31. The van der Waals surface area contributed by atoms with Crippen LogP contribution >= 0.6 is 0 Å². The predicted octanol–water partition coefficient (Wildman–Crippen LogP) is 2.61. The standard InChI is InChI=1S/C12H9O/c1-9-11(8-13)7-6-10-4-2-3-5-12(9)10/h2-7H,1H3. The van der Waals surface area contributed by atoms with E-state index in [0.29, 0.717) is 5.56 Å². The molecule has 1 nitrogen and oxygen atoms in total. The quantitative estimate of drug-likeness (QED) is 0.641. The van der Waals surface area contributed by atoms with Crippen LogP contribution in [0.1, 0.15) is 11.1 Å². The molecule has 2 rings (SSSR count). The number of hydrogen-bond acceptors (Lipinski definition) is 1. The molecule has 63 valence electrons. The van der Waals surface area contributed by atoms with E-state index in [-0.39, 0.29) is 0 Å². The molecule has 1 heteroatoms. The number of benzene rings is 2. The lowest BCUT2D eigenvalue weighted by molar-refractivity contribution is 0.562. The van der Waals surface area contributed by atoms with Crippen LogP contribution in [0.2, 0.25) is 0 Å². The number of rotatable bonds is 1. The van der Waals surface area contributed by atoms with Gasteiger partial charge < -0.3 is 0 Å². The molecular weight excluding hydrogens is 160 g/mol. The van der Waals surface area contributed by atoms with E-state index in [4.69, 9.17) is 0 Å². The van der Waals surface area contributed by atoms with Crippen molar-refractivity contribution >= 4 is 17.1 Å². The fourth-order valence-electron chi connectivity index (χ4n) is 1.54. The predicted molar refractivity (Wildman–Crippen MR) is 53.5 cm³/mol. The molecule has 0 aliphatic rings. The maximum atomic E-state index is 10.5.